The summed E-state index contributed by atoms with van der Waals surface area (Å²) in [6.07, 6.45) is 1.50. The number of nitrogens with zero attached hydrogens (tertiary/aromatic N) is 1. The summed E-state index contributed by atoms with van der Waals surface area (Å²) < 4.78 is 11.3. The smallest absolute Gasteiger partial charge is 0.262 e. The van der Waals surface area contributed by atoms with Crippen LogP contribution in [0.3, 0.4) is 0 Å². The lowest BCUT2D eigenvalue weighted by atomic mass is 10.1. The first-order valence-corrected chi connectivity index (χ1v) is 8.68. The lowest BCUT2D eigenvalue weighted by molar-refractivity contribution is -0.117. The van der Waals surface area contributed by atoms with Gasteiger partial charge in [0.05, 0.1) is 24.7 Å². The first kappa shape index (κ1) is 19.5. The Balaban J connectivity index is 2.29. The molecular weight excluding hydrogens is 396 g/mol. The van der Waals surface area contributed by atoms with Crippen LogP contribution in [0.1, 0.15) is 24.1 Å². The number of carbonyl (C=O) groups is 1. The van der Waals surface area contributed by atoms with Crippen LogP contribution in [0.2, 0.25) is 0 Å². The van der Waals surface area contributed by atoms with Crippen molar-refractivity contribution in [2.24, 2.45) is 0 Å². The normalized spacial score (nSPS) is 12.0. The molecule has 1 amide bonds. The summed E-state index contributed by atoms with van der Waals surface area (Å²) in [6, 6.07) is 14.7. The number of amides is 1. The van der Waals surface area contributed by atoms with E-state index in [9.17, 15) is 10.1 Å². The molecular formula is C20H19BrN2O3. The van der Waals surface area contributed by atoms with Crippen LogP contribution in [0.25, 0.3) is 6.08 Å². The third-order valence-electron chi connectivity index (χ3n) is 3.82. The summed E-state index contributed by atoms with van der Waals surface area (Å²) in [5.74, 6) is 0.652. The number of hydrogen-bond donors (Lipinski definition) is 1. The van der Waals surface area contributed by atoms with Gasteiger partial charge in [0.1, 0.15) is 23.1 Å². The molecule has 6 heteroatoms. The van der Waals surface area contributed by atoms with E-state index in [4.69, 9.17) is 9.47 Å². The molecule has 0 spiro atoms. The van der Waals surface area contributed by atoms with Gasteiger partial charge in [-0.05, 0) is 40.6 Å². The number of nitriles is 1. The number of carbonyl (C=O) groups excluding carboxylic acids is 1. The number of methoxy groups -OCH3 is 2. The topological polar surface area (TPSA) is 71.3 Å². The zero-order valence-electron chi connectivity index (χ0n) is 14.7. The van der Waals surface area contributed by atoms with Crippen molar-refractivity contribution in [2.45, 2.75) is 13.0 Å². The molecule has 134 valence electrons. The minimum atomic E-state index is -0.446. The number of nitrogens with one attached hydrogen (secondary N) is 1. The molecule has 0 unspecified atom stereocenters. The Morgan fingerprint density at radius 2 is 1.85 bits per heavy atom. The van der Waals surface area contributed by atoms with Crippen molar-refractivity contribution in [3.8, 4) is 17.6 Å². The number of halogens is 1. The third kappa shape index (κ3) is 4.64. The van der Waals surface area contributed by atoms with Gasteiger partial charge in [-0.15, -0.1) is 0 Å². The molecule has 0 bridgehead atoms. The molecule has 0 aliphatic heterocycles. The first-order valence-electron chi connectivity index (χ1n) is 7.89. The number of rotatable bonds is 6. The fraction of sp³-hybridized carbons (Fsp3) is 0.200. The van der Waals surface area contributed by atoms with Crippen LogP contribution in [0.5, 0.6) is 11.5 Å². The Kier molecular flexibility index (Phi) is 6.81. The van der Waals surface area contributed by atoms with Gasteiger partial charge in [0, 0.05) is 11.6 Å². The van der Waals surface area contributed by atoms with Gasteiger partial charge in [-0.1, -0.05) is 30.3 Å². The highest BCUT2D eigenvalue weighted by Gasteiger charge is 2.16. The van der Waals surface area contributed by atoms with Crippen molar-refractivity contribution >= 4 is 27.9 Å². The first-order chi connectivity index (χ1) is 12.5. The molecule has 0 radical (unpaired) electrons. The SMILES string of the molecule is COc1cc(OC)c(/C=C(\C#N)C(=O)N[C@H](C)c2ccccc2)cc1Br. The Morgan fingerprint density at radius 3 is 2.42 bits per heavy atom. The van der Waals surface area contributed by atoms with Gasteiger partial charge in [-0.3, -0.25) is 4.79 Å². The van der Waals surface area contributed by atoms with Gasteiger partial charge in [-0.2, -0.15) is 5.26 Å². The maximum atomic E-state index is 12.5. The van der Waals surface area contributed by atoms with Gasteiger partial charge in [0.25, 0.3) is 5.91 Å². The summed E-state index contributed by atoms with van der Waals surface area (Å²) in [5.41, 5.74) is 1.55. The third-order valence-corrected chi connectivity index (χ3v) is 4.44. The maximum Gasteiger partial charge on any atom is 0.262 e. The summed E-state index contributed by atoms with van der Waals surface area (Å²) in [7, 11) is 3.07. The molecule has 0 saturated heterocycles. The Bertz CT molecular complexity index is 857. The summed E-state index contributed by atoms with van der Waals surface area (Å²) in [6.45, 7) is 1.87. The van der Waals surface area contributed by atoms with Crippen molar-refractivity contribution in [1.82, 2.24) is 5.32 Å². The number of ether oxygens (including phenoxy) is 2. The van der Waals surface area contributed by atoms with E-state index >= 15 is 0 Å². The van der Waals surface area contributed by atoms with Crippen LogP contribution in [0.4, 0.5) is 0 Å². The molecule has 0 aliphatic rings. The van der Waals surface area contributed by atoms with Crippen LogP contribution in [-0.4, -0.2) is 20.1 Å². The van der Waals surface area contributed by atoms with Crippen molar-refractivity contribution in [2.75, 3.05) is 14.2 Å². The quantitative estimate of drug-likeness (QED) is 0.566. The Labute approximate surface area is 161 Å². The summed E-state index contributed by atoms with van der Waals surface area (Å²) in [5, 5.41) is 12.3. The van der Waals surface area contributed by atoms with Crippen LogP contribution in [0.15, 0.2) is 52.5 Å². The molecule has 0 saturated carbocycles. The highest BCUT2D eigenvalue weighted by Crippen LogP contribution is 2.34. The Hall–Kier alpha value is -2.78. The highest BCUT2D eigenvalue weighted by atomic mass is 79.9. The predicted molar refractivity (Wildman–Crippen MR) is 104 cm³/mol. The Morgan fingerprint density at radius 1 is 1.19 bits per heavy atom. The second-order valence-corrected chi connectivity index (χ2v) is 6.36. The van der Waals surface area contributed by atoms with Gasteiger partial charge in [0.2, 0.25) is 0 Å². The summed E-state index contributed by atoms with van der Waals surface area (Å²) >= 11 is 3.40. The fourth-order valence-electron chi connectivity index (χ4n) is 2.40. The van der Waals surface area contributed by atoms with Crippen molar-refractivity contribution in [3.05, 3.63) is 63.6 Å². The van der Waals surface area contributed by atoms with E-state index in [0.717, 1.165) is 5.56 Å². The average molecular weight is 415 g/mol. The van der Waals surface area contributed by atoms with Gasteiger partial charge in [0.15, 0.2) is 0 Å². The van der Waals surface area contributed by atoms with Gasteiger partial charge in [-0.25, -0.2) is 0 Å². The largest absolute Gasteiger partial charge is 0.496 e. The van der Waals surface area contributed by atoms with E-state index in [-0.39, 0.29) is 11.6 Å². The lowest BCUT2D eigenvalue weighted by Crippen LogP contribution is -2.27. The van der Waals surface area contributed by atoms with Crippen LogP contribution in [-0.2, 0) is 4.79 Å². The fourth-order valence-corrected chi connectivity index (χ4v) is 2.92. The number of benzene rings is 2. The average Bonchev–Trinajstić information content (AvgIpc) is 2.66. The molecule has 26 heavy (non-hydrogen) atoms. The molecule has 2 aromatic carbocycles. The summed E-state index contributed by atoms with van der Waals surface area (Å²) in [4.78, 5) is 12.5. The molecule has 2 aromatic rings. The predicted octanol–water partition coefficient (Wildman–Crippen LogP) is 4.25. The zero-order valence-corrected chi connectivity index (χ0v) is 16.3. The molecule has 0 fully saturated rings. The second kappa shape index (κ2) is 9.07. The monoisotopic (exact) mass is 414 g/mol. The van der Waals surface area contributed by atoms with Crippen LogP contribution >= 0.6 is 15.9 Å². The van der Waals surface area contributed by atoms with Crippen LogP contribution in [0, 0.1) is 11.3 Å². The van der Waals surface area contributed by atoms with Crippen LogP contribution < -0.4 is 14.8 Å². The molecule has 1 atom stereocenters. The van der Waals surface area contributed by atoms with Crippen molar-refractivity contribution < 1.29 is 14.3 Å². The second-order valence-electron chi connectivity index (χ2n) is 5.50. The van der Waals surface area contributed by atoms with Gasteiger partial charge < -0.3 is 14.8 Å². The zero-order chi connectivity index (χ0) is 19.1. The standard InChI is InChI=1S/C20H19BrN2O3/c1-13(14-7-5-4-6-8-14)23-20(24)16(12-22)9-15-10-17(21)19(26-3)11-18(15)25-2/h4-11,13H,1-3H3,(H,23,24)/b16-9+/t13-/m1/s1. The molecule has 1 N–H and O–H groups in total. The minimum Gasteiger partial charge on any atom is -0.496 e. The highest BCUT2D eigenvalue weighted by molar-refractivity contribution is 9.10. The van der Waals surface area contributed by atoms with E-state index < -0.39 is 5.91 Å². The lowest BCUT2D eigenvalue weighted by Gasteiger charge is -2.14. The van der Waals surface area contributed by atoms with Gasteiger partial charge >= 0.3 is 0 Å². The van der Waals surface area contributed by atoms with Crippen molar-refractivity contribution in [1.29, 1.82) is 5.26 Å². The van der Waals surface area contributed by atoms with E-state index in [1.165, 1.54) is 13.2 Å². The van der Waals surface area contributed by atoms with E-state index in [1.54, 1.807) is 19.2 Å². The van der Waals surface area contributed by atoms with E-state index in [0.29, 0.717) is 21.5 Å². The van der Waals surface area contributed by atoms with E-state index in [1.807, 2.05) is 43.3 Å². The van der Waals surface area contributed by atoms with E-state index in [2.05, 4.69) is 21.2 Å². The molecule has 0 aromatic heterocycles. The maximum absolute atomic E-state index is 12.5. The molecule has 2 rings (SSSR count). The number of hydrogen-bond acceptors (Lipinski definition) is 4. The molecule has 5 nitrogen and oxygen atoms in total. The molecule has 0 aliphatic carbocycles. The van der Waals surface area contributed by atoms with Crippen molar-refractivity contribution in [3.63, 3.8) is 0 Å². The minimum absolute atomic E-state index is 0.0110. The molecule has 0 heterocycles.